The number of hydrogen-bond donors (Lipinski definition) is 0. The summed E-state index contributed by atoms with van der Waals surface area (Å²) in [6.07, 6.45) is 0. The fourth-order valence-electron chi connectivity index (χ4n) is 2.25. The fraction of sp³-hybridized carbons (Fsp3) is 0.400. The van der Waals surface area contributed by atoms with E-state index in [0.717, 1.165) is 0 Å². The molecule has 0 aromatic carbocycles. The van der Waals surface area contributed by atoms with Crippen LogP contribution >= 0.6 is 11.3 Å². The summed E-state index contributed by atoms with van der Waals surface area (Å²) in [5.74, 6) is -0.00884. The molecule has 0 atom stereocenters. The molecule has 126 valence electrons. The normalized spacial score (nSPS) is 11.4. The Balaban J connectivity index is 1.81. The molecule has 3 aromatic rings. The van der Waals surface area contributed by atoms with Crippen molar-refractivity contribution in [3.8, 4) is 0 Å². The molecule has 0 saturated heterocycles. The van der Waals surface area contributed by atoms with E-state index in [9.17, 15) is 9.59 Å². The van der Waals surface area contributed by atoms with Gasteiger partial charge in [0.1, 0.15) is 12.2 Å². The zero-order valence-corrected chi connectivity index (χ0v) is 14.5. The Morgan fingerprint density at radius 1 is 1.42 bits per heavy atom. The minimum atomic E-state index is -0.520. The van der Waals surface area contributed by atoms with Gasteiger partial charge < -0.3 is 9.26 Å². The first kappa shape index (κ1) is 16.3. The average molecular weight is 348 g/mol. The van der Waals surface area contributed by atoms with Crippen molar-refractivity contribution >= 4 is 22.3 Å². The van der Waals surface area contributed by atoms with Gasteiger partial charge in [-0.3, -0.25) is 4.79 Å². The van der Waals surface area contributed by atoms with E-state index in [1.165, 1.54) is 21.9 Å². The molecule has 0 aliphatic heterocycles. The van der Waals surface area contributed by atoms with Gasteiger partial charge in [0.25, 0.3) is 5.56 Å². The third-order valence-electron chi connectivity index (χ3n) is 3.36. The van der Waals surface area contributed by atoms with Crippen LogP contribution in [-0.2, 0) is 11.3 Å². The number of hydrogen-bond acceptors (Lipinski definition) is 8. The highest BCUT2D eigenvalue weighted by molar-refractivity contribution is 7.16. The number of fused-ring (bicyclic) bond motifs is 1. The molecule has 0 spiro atoms. The van der Waals surface area contributed by atoms with E-state index in [4.69, 9.17) is 9.26 Å². The Morgan fingerprint density at radius 3 is 2.88 bits per heavy atom. The highest BCUT2D eigenvalue weighted by Gasteiger charge is 2.24. The lowest BCUT2D eigenvalue weighted by Gasteiger charge is -2.04. The van der Waals surface area contributed by atoms with Crippen molar-refractivity contribution in [1.82, 2.24) is 19.8 Å². The number of rotatable bonds is 4. The van der Waals surface area contributed by atoms with Gasteiger partial charge in [-0.05, 0) is 13.8 Å². The monoisotopic (exact) mass is 348 g/mol. The number of carbonyl (C=O) groups is 1. The molecule has 24 heavy (non-hydrogen) atoms. The van der Waals surface area contributed by atoms with Crippen LogP contribution in [0.4, 0.5) is 0 Å². The van der Waals surface area contributed by atoms with Crippen molar-refractivity contribution in [2.24, 2.45) is 0 Å². The molecule has 0 unspecified atom stereocenters. The number of carbonyl (C=O) groups excluding carboxylic acids is 1. The molecule has 0 aliphatic rings. The van der Waals surface area contributed by atoms with Crippen molar-refractivity contribution < 1.29 is 14.1 Å². The third kappa shape index (κ3) is 2.94. The van der Waals surface area contributed by atoms with Crippen LogP contribution in [-0.4, -0.2) is 25.7 Å². The summed E-state index contributed by atoms with van der Waals surface area (Å²) in [4.78, 5) is 28.9. The van der Waals surface area contributed by atoms with Gasteiger partial charge in [-0.1, -0.05) is 30.3 Å². The van der Waals surface area contributed by atoms with Gasteiger partial charge >= 0.3 is 5.97 Å². The molecule has 0 aliphatic carbocycles. The third-order valence-corrected chi connectivity index (χ3v) is 4.24. The fourth-order valence-corrected chi connectivity index (χ4v) is 3.11. The maximum atomic E-state index is 12.3. The lowest BCUT2D eigenvalue weighted by Crippen LogP contribution is -2.14. The van der Waals surface area contributed by atoms with E-state index in [0.29, 0.717) is 32.7 Å². The van der Waals surface area contributed by atoms with Crippen molar-refractivity contribution in [2.45, 2.75) is 40.2 Å². The second-order valence-corrected chi connectivity index (χ2v) is 6.70. The van der Waals surface area contributed by atoms with Gasteiger partial charge in [0, 0.05) is 17.7 Å². The van der Waals surface area contributed by atoms with E-state index >= 15 is 0 Å². The van der Waals surface area contributed by atoms with E-state index < -0.39 is 5.97 Å². The van der Waals surface area contributed by atoms with Crippen molar-refractivity contribution in [3.63, 3.8) is 0 Å². The van der Waals surface area contributed by atoms with Gasteiger partial charge in [0.15, 0.2) is 10.8 Å². The highest BCUT2D eigenvalue weighted by Crippen LogP contribution is 2.23. The number of aromatic nitrogens is 4. The van der Waals surface area contributed by atoms with Crippen LogP contribution in [0.5, 0.6) is 0 Å². The standard InChI is InChI=1S/C15H16N4O4S/c1-7(2)13-12(9(4)18-23-13)14(21)22-6-10-17-19-11(20)5-8(3)16-15(19)24-10/h5,7H,6H2,1-4H3. The minimum Gasteiger partial charge on any atom is -0.454 e. The van der Waals surface area contributed by atoms with Crippen LogP contribution in [0.2, 0.25) is 0 Å². The number of esters is 1. The molecular weight excluding hydrogens is 332 g/mol. The number of ether oxygens (including phenoxy) is 1. The van der Waals surface area contributed by atoms with E-state index in [-0.39, 0.29) is 18.1 Å². The van der Waals surface area contributed by atoms with Crippen molar-refractivity contribution in [3.05, 3.63) is 44.1 Å². The predicted octanol–water partition coefficient (Wildman–Crippen LogP) is 2.24. The molecule has 0 saturated carbocycles. The quantitative estimate of drug-likeness (QED) is 0.667. The SMILES string of the molecule is Cc1cc(=O)n2nc(COC(=O)c3c(C)noc3C(C)C)sc2n1. The van der Waals surface area contributed by atoms with Gasteiger partial charge in [-0.15, -0.1) is 0 Å². The summed E-state index contributed by atoms with van der Waals surface area (Å²) in [6, 6.07) is 1.40. The minimum absolute atomic E-state index is 0.0157. The zero-order chi connectivity index (χ0) is 17.4. The van der Waals surface area contributed by atoms with Gasteiger partial charge in [0.05, 0.1) is 5.69 Å². The molecule has 0 fully saturated rings. The molecule has 9 heteroatoms. The predicted molar refractivity (Wildman–Crippen MR) is 86.3 cm³/mol. The second-order valence-electron chi connectivity index (χ2n) is 5.66. The van der Waals surface area contributed by atoms with Crippen molar-refractivity contribution in [2.75, 3.05) is 0 Å². The van der Waals surface area contributed by atoms with Crippen LogP contribution in [0.25, 0.3) is 4.96 Å². The Kier molecular flexibility index (Phi) is 4.18. The lowest BCUT2D eigenvalue weighted by atomic mass is 10.1. The second kappa shape index (κ2) is 6.16. The first-order valence-corrected chi connectivity index (χ1v) is 8.18. The topological polar surface area (TPSA) is 99.6 Å². The van der Waals surface area contributed by atoms with Crippen LogP contribution in [0, 0.1) is 13.8 Å². The van der Waals surface area contributed by atoms with E-state index in [1.54, 1.807) is 13.8 Å². The summed E-state index contributed by atoms with van der Waals surface area (Å²) in [5, 5.41) is 8.44. The maximum Gasteiger partial charge on any atom is 0.344 e. The summed E-state index contributed by atoms with van der Waals surface area (Å²) in [6.45, 7) is 7.20. The van der Waals surface area contributed by atoms with Gasteiger partial charge in [-0.2, -0.15) is 9.61 Å². The molecule has 3 aromatic heterocycles. The van der Waals surface area contributed by atoms with E-state index in [1.807, 2.05) is 13.8 Å². The molecule has 0 bridgehead atoms. The molecule has 3 heterocycles. The molecule has 8 nitrogen and oxygen atoms in total. The van der Waals surface area contributed by atoms with Gasteiger partial charge in [0.2, 0.25) is 4.96 Å². The molecule has 0 amide bonds. The molecular formula is C15H16N4O4S. The van der Waals surface area contributed by atoms with Crippen LogP contribution in [0.3, 0.4) is 0 Å². The van der Waals surface area contributed by atoms with Gasteiger partial charge in [-0.25, -0.2) is 9.78 Å². The van der Waals surface area contributed by atoms with Crippen LogP contribution in [0.15, 0.2) is 15.4 Å². The summed E-state index contributed by atoms with van der Waals surface area (Å²) in [5.41, 5.74) is 1.19. The molecule has 0 N–H and O–H groups in total. The number of aryl methyl sites for hydroxylation is 2. The zero-order valence-electron chi connectivity index (χ0n) is 13.7. The maximum absolute atomic E-state index is 12.3. The number of nitrogens with zero attached hydrogens (tertiary/aromatic N) is 4. The first-order valence-electron chi connectivity index (χ1n) is 7.36. The summed E-state index contributed by atoms with van der Waals surface area (Å²) in [7, 11) is 0. The average Bonchev–Trinajstić information content (AvgIpc) is 3.08. The molecule has 0 radical (unpaired) electrons. The lowest BCUT2D eigenvalue weighted by molar-refractivity contribution is 0.0467. The highest BCUT2D eigenvalue weighted by atomic mass is 32.1. The van der Waals surface area contributed by atoms with Crippen molar-refractivity contribution in [1.29, 1.82) is 0 Å². The Morgan fingerprint density at radius 2 is 2.17 bits per heavy atom. The van der Waals surface area contributed by atoms with Crippen LogP contribution in [0.1, 0.15) is 52.3 Å². The summed E-state index contributed by atoms with van der Waals surface area (Å²) >= 11 is 1.20. The molecule has 3 rings (SSSR count). The Hall–Kier alpha value is -2.55. The smallest absolute Gasteiger partial charge is 0.344 e. The van der Waals surface area contributed by atoms with E-state index in [2.05, 4.69) is 15.2 Å². The Labute approximate surface area is 141 Å². The Bertz CT molecular complexity index is 970. The largest absolute Gasteiger partial charge is 0.454 e. The van der Waals surface area contributed by atoms with Crippen LogP contribution < -0.4 is 5.56 Å². The summed E-state index contributed by atoms with van der Waals surface area (Å²) < 4.78 is 11.7. The first-order chi connectivity index (χ1) is 11.4.